The minimum atomic E-state index is -0.826. The second-order valence-electron chi connectivity index (χ2n) is 7.06. The highest BCUT2D eigenvalue weighted by molar-refractivity contribution is 5.75. The van der Waals surface area contributed by atoms with Gasteiger partial charge in [-0.25, -0.2) is 4.79 Å². The van der Waals surface area contributed by atoms with Crippen LogP contribution in [0.25, 0.3) is 0 Å². The van der Waals surface area contributed by atoms with Crippen LogP contribution in [0.5, 0.6) is 0 Å². The quantitative estimate of drug-likeness (QED) is 0.756. The SMILES string of the molecule is C1CCC(NC2CCCCC2)CC1.CCCC1OC1C(=O)O. The molecule has 1 aliphatic heterocycles. The molecule has 128 valence electrons. The van der Waals surface area contributed by atoms with Crippen molar-refractivity contribution in [2.75, 3.05) is 0 Å². The van der Waals surface area contributed by atoms with Crippen molar-refractivity contribution in [3.05, 3.63) is 0 Å². The molecule has 0 spiro atoms. The number of rotatable bonds is 5. The monoisotopic (exact) mass is 311 g/mol. The summed E-state index contributed by atoms with van der Waals surface area (Å²) in [5.74, 6) is -0.826. The van der Waals surface area contributed by atoms with Gasteiger partial charge in [-0.05, 0) is 32.1 Å². The molecule has 4 nitrogen and oxygen atoms in total. The van der Waals surface area contributed by atoms with Gasteiger partial charge < -0.3 is 15.2 Å². The summed E-state index contributed by atoms with van der Waals surface area (Å²) in [6, 6.07) is 1.74. The third-order valence-corrected chi connectivity index (χ3v) is 5.08. The standard InChI is InChI=1S/C12H23N.C6H10O3/c1-3-7-11(8-4-1)13-12-9-5-2-6-10-12;1-2-3-4-5(9-4)6(7)8/h11-13H,1-10H2;4-5H,2-3H2,1H3,(H,7,8). The van der Waals surface area contributed by atoms with Crippen LogP contribution in [0.2, 0.25) is 0 Å². The second kappa shape index (κ2) is 9.51. The number of nitrogens with one attached hydrogen (secondary N) is 1. The first-order valence-corrected chi connectivity index (χ1v) is 9.35. The minimum Gasteiger partial charge on any atom is -0.479 e. The van der Waals surface area contributed by atoms with Crippen molar-refractivity contribution in [1.82, 2.24) is 5.32 Å². The maximum Gasteiger partial charge on any atom is 0.335 e. The van der Waals surface area contributed by atoms with Gasteiger partial charge in [-0.2, -0.15) is 0 Å². The van der Waals surface area contributed by atoms with Crippen molar-refractivity contribution in [3.63, 3.8) is 0 Å². The molecule has 0 aromatic rings. The summed E-state index contributed by atoms with van der Waals surface area (Å²) >= 11 is 0. The van der Waals surface area contributed by atoms with Gasteiger partial charge >= 0.3 is 5.97 Å². The lowest BCUT2D eigenvalue weighted by Crippen LogP contribution is -2.40. The van der Waals surface area contributed by atoms with E-state index in [9.17, 15) is 4.79 Å². The predicted molar refractivity (Wildman–Crippen MR) is 88.1 cm³/mol. The Morgan fingerprint density at radius 1 is 1.00 bits per heavy atom. The Kier molecular flexibility index (Phi) is 7.67. The van der Waals surface area contributed by atoms with Crippen LogP contribution < -0.4 is 5.32 Å². The third kappa shape index (κ3) is 6.25. The topological polar surface area (TPSA) is 61.9 Å². The lowest BCUT2D eigenvalue weighted by molar-refractivity contribution is -0.138. The van der Waals surface area contributed by atoms with Gasteiger partial charge in [0.1, 0.15) is 0 Å². The molecule has 4 heteroatoms. The van der Waals surface area contributed by atoms with E-state index in [4.69, 9.17) is 9.84 Å². The van der Waals surface area contributed by atoms with Gasteiger partial charge in [0.05, 0.1) is 6.10 Å². The van der Waals surface area contributed by atoms with Crippen LogP contribution in [0, 0.1) is 0 Å². The van der Waals surface area contributed by atoms with Gasteiger partial charge in [0.2, 0.25) is 0 Å². The van der Waals surface area contributed by atoms with Gasteiger partial charge in [0, 0.05) is 12.1 Å². The van der Waals surface area contributed by atoms with Crippen LogP contribution >= 0.6 is 0 Å². The zero-order chi connectivity index (χ0) is 15.8. The molecule has 0 aromatic heterocycles. The molecule has 2 unspecified atom stereocenters. The molecule has 0 bridgehead atoms. The number of epoxide rings is 1. The molecular formula is C18H33NO3. The Morgan fingerprint density at radius 3 is 1.86 bits per heavy atom. The Morgan fingerprint density at radius 2 is 1.50 bits per heavy atom. The average molecular weight is 311 g/mol. The Bertz CT molecular complexity index is 306. The number of carboxylic acids is 1. The normalized spacial score (nSPS) is 29.5. The van der Waals surface area contributed by atoms with Crippen LogP contribution in [0.3, 0.4) is 0 Å². The lowest BCUT2D eigenvalue weighted by atomic mass is 9.91. The van der Waals surface area contributed by atoms with Crippen LogP contribution in [0.15, 0.2) is 0 Å². The van der Waals surface area contributed by atoms with E-state index in [1.165, 1.54) is 64.2 Å². The largest absolute Gasteiger partial charge is 0.479 e. The van der Waals surface area contributed by atoms with Crippen molar-refractivity contribution >= 4 is 5.97 Å². The Labute approximate surface area is 135 Å². The summed E-state index contributed by atoms with van der Waals surface area (Å²) in [5.41, 5.74) is 0. The fraction of sp³-hybridized carbons (Fsp3) is 0.944. The first-order valence-electron chi connectivity index (χ1n) is 9.35. The predicted octanol–water partition coefficient (Wildman–Crippen LogP) is 3.88. The molecule has 2 N–H and O–H groups in total. The number of carbonyl (C=O) groups is 1. The molecule has 22 heavy (non-hydrogen) atoms. The van der Waals surface area contributed by atoms with Crippen LogP contribution in [-0.4, -0.2) is 35.4 Å². The third-order valence-electron chi connectivity index (χ3n) is 5.08. The number of hydrogen-bond acceptors (Lipinski definition) is 3. The molecule has 0 aromatic carbocycles. The minimum absolute atomic E-state index is 0.00694. The van der Waals surface area contributed by atoms with E-state index < -0.39 is 12.1 Å². The van der Waals surface area contributed by atoms with E-state index in [2.05, 4.69) is 5.32 Å². The number of aliphatic carboxylic acids is 1. The van der Waals surface area contributed by atoms with Crippen LogP contribution in [0.1, 0.15) is 84.0 Å². The van der Waals surface area contributed by atoms with E-state index >= 15 is 0 Å². The van der Waals surface area contributed by atoms with Gasteiger partial charge in [0.25, 0.3) is 0 Å². The molecule has 2 saturated carbocycles. The highest BCUT2D eigenvalue weighted by atomic mass is 16.6. The van der Waals surface area contributed by atoms with E-state index in [0.717, 1.165) is 24.9 Å². The zero-order valence-corrected chi connectivity index (χ0v) is 14.1. The van der Waals surface area contributed by atoms with Crippen molar-refractivity contribution in [1.29, 1.82) is 0 Å². The van der Waals surface area contributed by atoms with Gasteiger partial charge in [0.15, 0.2) is 6.10 Å². The van der Waals surface area contributed by atoms with Crippen LogP contribution in [-0.2, 0) is 9.53 Å². The van der Waals surface area contributed by atoms with Crippen LogP contribution in [0.4, 0.5) is 0 Å². The molecule has 1 heterocycles. The van der Waals surface area contributed by atoms with Crippen molar-refractivity contribution in [2.45, 2.75) is 108 Å². The Balaban J connectivity index is 0.000000172. The lowest BCUT2D eigenvalue weighted by Gasteiger charge is -2.30. The van der Waals surface area contributed by atoms with E-state index in [0.29, 0.717) is 0 Å². The van der Waals surface area contributed by atoms with E-state index in [1.807, 2.05) is 6.92 Å². The summed E-state index contributed by atoms with van der Waals surface area (Å²) in [7, 11) is 0. The molecule has 2 atom stereocenters. The molecule has 3 rings (SSSR count). The molecule has 3 fully saturated rings. The second-order valence-corrected chi connectivity index (χ2v) is 7.06. The summed E-state index contributed by atoms with van der Waals surface area (Å²) in [6.45, 7) is 2.01. The molecule has 2 aliphatic carbocycles. The van der Waals surface area contributed by atoms with Gasteiger partial charge in [-0.15, -0.1) is 0 Å². The number of carboxylic acid groups (broad SMARTS) is 1. The number of ether oxygens (including phenoxy) is 1. The molecule has 0 radical (unpaired) electrons. The first kappa shape index (κ1) is 17.7. The van der Waals surface area contributed by atoms with E-state index in [-0.39, 0.29) is 6.10 Å². The van der Waals surface area contributed by atoms with Crippen molar-refractivity contribution in [3.8, 4) is 0 Å². The molecule has 1 saturated heterocycles. The average Bonchev–Trinajstić information content (AvgIpc) is 3.30. The maximum absolute atomic E-state index is 10.1. The molecule has 0 amide bonds. The van der Waals surface area contributed by atoms with E-state index in [1.54, 1.807) is 0 Å². The summed E-state index contributed by atoms with van der Waals surface area (Å²) < 4.78 is 4.82. The fourth-order valence-electron chi connectivity index (χ4n) is 3.74. The molecule has 3 aliphatic rings. The van der Waals surface area contributed by atoms with Crippen molar-refractivity contribution < 1.29 is 14.6 Å². The first-order chi connectivity index (χ1) is 10.7. The highest BCUT2D eigenvalue weighted by Crippen LogP contribution is 2.26. The Hall–Kier alpha value is -0.610. The fourth-order valence-corrected chi connectivity index (χ4v) is 3.74. The van der Waals surface area contributed by atoms with Gasteiger partial charge in [-0.1, -0.05) is 51.9 Å². The summed E-state index contributed by atoms with van der Waals surface area (Å²) in [4.78, 5) is 10.1. The zero-order valence-electron chi connectivity index (χ0n) is 14.1. The number of hydrogen-bond donors (Lipinski definition) is 2. The summed E-state index contributed by atoms with van der Waals surface area (Å²) in [6.07, 6.45) is 15.9. The summed E-state index contributed by atoms with van der Waals surface area (Å²) in [5, 5.41) is 12.2. The molecular weight excluding hydrogens is 278 g/mol. The highest BCUT2D eigenvalue weighted by Gasteiger charge is 2.44. The maximum atomic E-state index is 10.1. The smallest absolute Gasteiger partial charge is 0.335 e. The van der Waals surface area contributed by atoms with Crippen molar-refractivity contribution in [2.24, 2.45) is 0 Å². The van der Waals surface area contributed by atoms with Gasteiger partial charge in [-0.3, -0.25) is 0 Å².